The average molecular weight is 300 g/mol. The molecule has 17 heavy (non-hydrogen) atoms. The van der Waals surface area contributed by atoms with Crippen LogP contribution in [-0.4, -0.2) is 30.8 Å². The highest BCUT2D eigenvalue weighted by Gasteiger charge is 2.22. The molecule has 0 radical (unpaired) electrons. The fourth-order valence-corrected chi connectivity index (χ4v) is 2.86. The highest BCUT2D eigenvalue weighted by molar-refractivity contribution is 9.10. The first-order valence-electron chi connectivity index (χ1n) is 5.98. The molecule has 0 bridgehead atoms. The Hall–Kier alpha value is -0.810. The van der Waals surface area contributed by atoms with Crippen molar-refractivity contribution in [2.24, 2.45) is 0 Å². The molecule has 2 rings (SSSR count). The normalized spacial score (nSPS) is 17.4. The summed E-state index contributed by atoms with van der Waals surface area (Å²) in [6.07, 6.45) is 6.01. The second-order valence-electron chi connectivity index (χ2n) is 4.20. The Bertz CT molecular complexity index is 358. The predicted molar refractivity (Wildman–Crippen MR) is 73.2 cm³/mol. The molecular formula is C12H18BrN3O. The highest BCUT2D eigenvalue weighted by Crippen LogP contribution is 2.33. The lowest BCUT2D eigenvalue weighted by Gasteiger charge is -2.34. The van der Waals surface area contributed by atoms with E-state index in [2.05, 4.69) is 25.8 Å². The third-order valence-electron chi connectivity index (χ3n) is 3.06. The van der Waals surface area contributed by atoms with Gasteiger partial charge in [-0.25, -0.2) is 0 Å². The first kappa shape index (κ1) is 12.6. The van der Waals surface area contributed by atoms with Crippen LogP contribution >= 0.6 is 15.9 Å². The number of nitrogens with zero attached hydrogens (tertiary/aromatic N) is 2. The molecule has 1 aliphatic rings. The summed E-state index contributed by atoms with van der Waals surface area (Å²) in [6, 6.07) is 0. The van der Waals surface area contributed by atoms with Gasteiger partial charge in [-0.1, -0.05) is 0 Å². The minimum absolute atomic E-state index is 0.401. The number of nitrogen functional groups attached to an aromatic ring is 1. The molecular weight excluding hydrogens is 282 g/mol. The SMILES string of the molecule is CCOC1CCN(c2c(N)cncc2Br)CC1. The monoisotopic (exact) mass is 299 g/mol. The highest BCUT2D eigenvalue weighted by atomic mass is 79.9. The molecule has 0 saturated carbocycles. The van der Waals surface area contributed by atoms with Gasteiger partial charge in [-0.15, -0.1) is 0 Å². The second-order valence-corrected chi connectivity index (χ2v) is 5.06. The zero-order chi connectivity index (χ0) is 12.3. The molecule has 4 nitrogen and oxygen atoms in total. The molecule has 2 N–H and O–H groups in total. The number of hydrogen-bond donors (Lipinski definition) is 1. The molecule has 1 aromatic rings. The van der Waals surface area contributed by atoms with Crippen molar-refractivity contribution < 1.29 is 4.74 Å². The van der Waals surface area contributed by atoms with Crippen molar-refractivity contribution in [1.82, 2.24) is 4.98 Å². The van der Waals surface area contributed by atoms with Crippen LogP contribution in [0, 0.1) is 0 Å². The Kier molecular flexibility index (Phi) is 4.23. The van der Waals surface area contributed by atoms with Gasteiger partial charge in [0.05, 0.1) is 28.1 Å². The van der Waals surface area contributed by atoms with E-state index in [1.807, 2.05) is 6.92 Å². The summed E-state index contributed by atoms with van der Waals surface area (Å²) in [4.78, 5) is 6.36. The van der Waals surface area contributed by atoms with Crippen LogP contribution in [0.1, 0.15) is 19.8 Å². The summed E-state index contributed by atoms with van der Waals surface area (Å²) in [7, 11) is 0. The summed E-state index contributed by atoms with van der Waals surface area (Å²) in [5.41, 5.74) is 7.78. The lowest BCUT2D eigenvalue weighted by molar-refractivity contribution is 0.0459. The Balaban J connectivity index is 2.05. The van der Waals surface area contributed by atoms with Crippen molar-refractivity contribution in [3.05, 3.63) is 16.9 Å². The van der Waals surface area contributed by atoms with Crippen LogP contribution < -0.4 is 10.6 Å². The molecule has 0 unspecified atom stereocenters. The molecule has 0 spiro atoms. The number of halogens is 1. The number of piperidine rings is 1. The minimum atomic E-state index is 0.401. The van der Waals surface area contributed by atoms with E-state index in [9.17, 15) is 0 Å². The topological polar surface area (TPSA) is 51.4 Å². The molecule has 0 aliphatic carbocycles. The smallest absolute Gasteiger partial charge is 0.0776 e. The van der Waals surface area contributed by atoms with E-state index in [4.69, 9.17) is 10.5 Å². The molecule has 0 amide bonds. The fraction of sp³-hybridized carbons (Fsp3) is 0.583. The first-order valence-corrected chi connectivity index (χ1v) is 6.77. The van der Waals surface area contributed by atoms with Crippen LogP contribution in [0.2, 0.25) is 0 Å². The van der Waals surface area contributed by atoms with Crippen LogP contribution in [0.15, 0.2) is 16.9 Å². The number of nitrogens with two attached hydrogens (primary N) is 1. The van der Waals surface area contributed by atoms with E-state index >= 15 is 0 Å². The lowest BCUT2D eigenvalue weighted by atomic mass is 10.1. The van der Waals surface area contributed by atoms with Crippen LogP contribution in [-0.2, 0) is 4.74 Å². The van der Waals surface area contributed by atoms with Gasteiger partial charge in [0.2, 0.25) is 0 Å². The largest absolute Gasteiger partial charge is 0.396 e. The maximum atomic E-state index is 5.98. The molecule has 1 fully saturated rings. The molecule has 0 atom stereocenters. The van der Waals surface area contributed by atoms with Gasteiger partial charge >= 0.3 is 0 Å². The van der Waals surface area contributed by atoms with E-state index in [1.165, 1.54) is 0 Å². The van der Waals surface area contributed by atoms with Crippen molar-refractivity contribution >= 4 is 27.3 Å². The number of rotatable bonds is 3. The number of anilines is 2. The zero-order valence-electron chi connectivity index (χ0n) is 10.0. The van der Waals surface area contributed by atoms with Gasteiger partial charge < -0.3 is 15.4 Å². The van der Waals surface area contributed by atoms with Crippen LogP contribution in [0.5, 0.6) is 0 Å². The standard InChI is InChI=1S/C12H18BrN3O/c1-2-17-9-3-5-16(6-4-9)12-10(13)7-15-8-11(12)14/h7-9H,2-6,14H2,1H3. The predicted octanol–water partition coefficient (Wildman–Crippen LogP) is 2.43. The Labute approximate surface area is 110 Å². The van der Waals surface area contributed by atoms with Gasteiger partial charge in [0, 0.05) is 25.9 Å². The van der Waals surface area contributed by atoms with E-state index < -0.39 is 0 Å². The van der Waals surface area contributed by atoms with Gasteiger partial charge in [-0.05, 0) is 35.7 Å². The number of pyridine rings is 1. The zero-order valence-corrected chi connectivity index (χ0v) is 11.6. The van der Waals surface area contributed by atoms with Crippen LogP contribution in [0.3, 0.4) is 0 Å². The quantitative estimate of drug-likeness (QED) is 0.931. The Morgan fingerprint density at radius 2 is 2.18 bits per heavy atom. The van der Waals surface area contributed by atoms with Gasteiger partial charge in [0.15, 0.2) is 0 Å². The number of aromatic nitrogens is 1. The van der Waals surface area contributed by atoms with E-state index in [0.717, 1.165) is 48.4 Å². The van der Waals surface area contributed by atoms with Crippen molar-refractivity contribution in [3.63, 3.8) is 0 Å². The lowest BCUT2D eigenvalue weighted by Crippen LogP contribution is -2.37. The summed E-state index contributed by atoms with van der Waals surface area (Å²) in [5, 5.41) is 0. The molecule has 5 heteroatoms. The fourth-order valence-electron chi connectivity index (χ4n) is 2.26. The van der Waals surface area contributed by atoms with Gasteiger partial charge in [-0.2, -0.15) is 0 Å². The number of ether oxygens (including phenoxy) is 1. The molecule has 0 aromatic carbocycles. The van der Waals surface area contributed by atoms with Gasteiger partial charge in [0.1, 0.15) is 0 Å². The van der Waals surface area contributed by atoms with Crippen LogP contribution in [0.4, 0.5) is 11.4 Å². The van der Waals surface area contributed by atoms with Crippen molar-refractivity contribution in [1.29, 1.82) is 0 Å². The van der Waals surface area contributed by atoms with Gasteiger partial charge in [-0.3, -0.25) is 4.98 Å². The molecule has 1 saturated heterocycles. The Morgan fingerprint density at radius 3 is 2.76 bits per heavy atom. The summed E-state index contributed by atoms with van der Waals surface area (Å²) >= 11 is 3.51. The third kappa shape index (κ3) is 2.90. The first-order chi connectivity index (χ1) is 8.22. The summed E-state index contributed by atoms with van der Waals surface area (Å²) in [5.74, 6) is 0. The minimum Gasteiger partial charge on any atom is -0.396 e. The molecule has 1 aliphatic heterocycles. The summed E-state index contributed by atoms with van der Waals surface area (Å²) < 4.78 is 6.61. The molecule has 1 aromatic heterocycles. The average Bonchev–Trinajstić information content (AvgIpc) is 2.31. The van der Waals surface area contributed by atoms with E-state index in [-0.39, 0.29) is 0 Å². The number of hydrogen-bond acceptors (Lipinski definition) is 4. The third-order valence-corrected chi connectivity index (χ3v) is 3.64. The van der Waals surface area contributed by atoms with E-state index in [0.29, 0.717) is 6.10 Å². The van der Waals surface area contributed by atoms with Crippen molar-refractivity contribution in [2.45, 2.75) is 25.9 Å². The van der Waals surface area contributed by atoms with Crippen LogP contribution in [0.25, 0.3) is 0 Å². The summed E-state index contributed by atoms with van der Waals surface area (Å²) in [6.45, 7) is 4.81. The maximum absolute atomic E-state index is 5.98. The molecule has 94 valence electrons. The van der Waals surface area contributed by atoms with E-state index in [1.54, 1.807) is 12.4 Å². The van der Waals surface area contributed by atoms with Crippen molar-refractivity contribution in [3.8, 4) is 0 Å². The Morgan fingerprint density at radius 1 is 1.47 bits per heavy atom. The maximum Gasteiger partial charge on any atom is 0.0776 e. The second kappa shape index (κ2) is 5.69. The van der Waals surface area contributed by atoms with Crippen molar-refractivity contribution in [2.75, 3.05) is 30.3 Å². The molecule has 2 heterocycles. The van der Waals surface area contributed by atoms with Gasteiger partial charge in [0.25, 0.3) is 0 Å².